The number of hydrogen-bond acceptors (Lipinski definition) is 7. The van der Waals surface area contributed by atoms with Gasteiger partial charge >= 0.3 is 0 Å². The van der Waals surface area contributed by atoms with E-state index in [0.717, 1.165) is 25.2 Å². The van der Waals surface area contributed by atoms with Gasteiger partial charge in [-0.05, 0) is 24.7 Å². The van der Waals surface area contributed by atoms with Crippen LogP contribution in [0, 0.1) is 0 Å². The third kappa shape index (κ3) is 5.47. The van der Waals surface area contributed by atoms with Crippen molar-refractivity contribution in [1.82, 2.24) is 20.4 Å². The van der Waals surface area contributed by atoms with Gasteiger partial charge < -0.3 is 19.3 Å². The number of ether oxygens (including phenoxy) is 2. The molecule has 154 valence electrons. The molecule has 1 unspecified atom stereocenters. The lowest BCUT2D eigenvalue weighted by atomic mass is 10.2. The number of benzene rings is 2. The Balaban J connectivity index is 0.00000240. The zero-order valence-electron chi connectivity index (χ0n) is 16.3. The number of aromatic nitrogens is 2. The van der Waals surface area contributed by atoms with Gasteiger partial charge in [0.2, 0.25) is 0 Å². The van der Waals surface area contributed by atoms with Crippen molar-refractivity contribution >= 4 is 12.4 Å². The Morgan fingerprint density at radius 2 is 1.72 bits per heavy atom. The van der Waals surface area contributed by atoms with Crippen LogP contribution in [0.5, 0.6) is 11.5 Å². The Labute approximate surface area is 176 Å². The molecule has 1 aliphatic heterocycles. The number of rotatable bonds is 7. The maximum atomic E-state index is 5.92. The molecule has 0 radical (unpaired) electrons. The highest BCUT2D eigenvalue weighted by atomic mass is 35.5. The van der Waals surface area contributed by atoms with Crippen molar-refractivity contribution in [1.29, 1.82) is 0 Å². The summed E-state index contributed by atoms with van der Waals surface area (Å²) in [7, 11) is 2.07. The van der Waals surface area contributed by atoms with Crippen LogP contribution in [-0.2, 0) is 13.2 Å². The second-order valence-corrected chi connectivity index (χ2v) is 6.76. The van der Waals surface area contributed by atoms with Crippen molar-refractivity contribution in [3.05, 3.63) is 71.9 Å². The van der Waals surface area contributed by atoms with Gasteiger partial charge in [0.25, 0.3) is 5.89 Å². The van der Waals surface area contributed by atoms with E-state index in [2.05, 4.69) is 27.4 Å². The first-order chi connectivity index (χ1) is 13.8. The molecule has 2 aromatic carbocycles. The van der Waals surface area contributed by atoms with Gasteiger partial charge in [-0.1, -0.05) is 47.6 Å². The van der Waals surface area contributed by atoms with Crippen LogP contribution in [0.2, 0.25) is 0 Å². The number of halogens is 1. The molecule has 1 aromatic heterocycles. The van der Waals surface area contributed by atoms with Crippen molar-refractivity contribution in [2.75, 3.05) is 26.7 Å². The van der Waals surface area contributed by atoms with Crippen LogP contribution in [0.25, 0.3) is 0 Å². The third-order valence-corrected chi connectivity index (χ3v) is 4.73. The van der Waals surface area contributed by atoms with Gasteiger partial charge in [-0.15, -0.1) is 12.4 Å². The fourth-order valence-corrected chi connectivity index (χ4v) is 3.12. The molecule has 29 heavy (non-hydrogen) atoms. The number of hydrogen-bond donors (Lipinski definition) is 1. The van der Waals surface area contributed by atoms with Gasteiger partial charge in [0, 0.05) is 19.6 Å². The summed E-state index contributed by atoms with van der Waals surface area (Å²) in [6.07, 6.45) is 0. The molecule has 7 nitrogen and oxygen atoms in total. The van der Waals surface area contributed by atoms with Gasteiger partial charge in [-0.25, -0.2) is 0 Å². The second-order valence-electron chi connectivity index (χ2n) is 6.76. The van der Waals surface area contributed by atoms with E-state index in [4.69, 9.17) is 14.0 Å². The second kappa shape index (κ2) is 10.2. The molecule has 0 amide bonds. The van der Waals surface area contributed by atoms with Crippen molar-refractivity contribution in [2.45, 2.75) is 19.3 Å². The average molecular weight is 417 g/mol. The summed E-state index contributed by atoms with van der Waals surface area (Å²) in [4.78, 5) is 6.72. The Kier molecular flexibility index (Phi) is 7.46. The maximum Gasteiger partial charge on any atom is 0.264 e. The van der Waals surface area contributed by atoms with Crippen LogP contribution in [0.15, 0.2) is 59.1 Å². The fourth-order valence-electron chi connectivity index (χ4n) is 3.12. The van der Waals surface area contributed by atoms with E-state index in [1.54, 1.807) is 0 Å². The Bertz CT molecular complexity index is 890. The summed E-state index contributed by atoms with van der Waals surface area (Å²) in [5, 5.41) is 7.48. The summed E-state index contributed by atoms with van der Waals surface area (Å²) < 4.78 is 17.2. The number of nitrogens with zero attached hydrogens (tertiary/aromatic N) is 3. The Hall–Kier alpha value is -2.61. The van der Waals surface area contributed by atoms with Gasteiger partial charge in [0.05, 0.1) is 6.04 Å². The fraction of sp³-hybridized carbons (Fsp3) is 0.333. The van der Waals surface area contributed by atoms with Crippen LogP contribution in [-0.4, -0.2) is 41.7 Å². The minimum Gasteiger partial charge on any atom is -0.485 e. The molecule has 1 fully saturated rings. The first-order valence-electron chi connectivity index (χ1n) is 9.41. The molecule has 3 aromatic rings. The molecule has 0 aliphatic carbocycles. The van der Waals surface area contributed by atoms with E-state index >= 15 is 0 Å². The van der Waals surface area contributed by atoms with E-state index in [0.29, 0.717) is 29.8 Å². The minimum absolute atomic E-state index is 0. The van der Waals surface area contributed by atoms with Crippen molar-refractivity contribution in [2.24, 2.45) is 0 Å². The van der Waals surface area contributed by atoms with Gasteiger partial charge in [0.1, 0.15) is 6.61 Å². The molecule has 1 aliphatic rings. The smallest absolute Gasteiger partial charge is 0.264 e. The Morgan fingerprint density at radius 1 is 1.03 bits per heavy atom. The average Bonchev–Trinajstić information content (AvgIpc) is 3.21. The van der Waals surface area contributed by atoms with Gasteiger partial charge in [-0.3, -0.25) is 4.90 Å². The minimum atomic E-state index is 0. The third-order valence-electron chi connectivity index (χ3n) is 4.73. The molecule has 1 saturated heterocycles. The van der Waals surface area contributed by atoms with Gasteiger partial charge in [0.15, 0.2) is 23.9 Å². The summed E-state index contributed by atoms with van der Waals surface area (Å²) in [6, 6.07) is 17.7. The first kappa shape index (κ1) is 21.1. The zero-order valence-corrected chi connectivity index (χ0v) is 17.1. The number of piperazine rings is 1. The zero-order chi connectivity index (χ0) is 19.2. The molecule has 0 bridgehead atoms. The van der Waals surface area contributed by atoms with E-state index < -0.39 is 0 Å². The van der Waals surface area contributed by atoms with Crippen LogP contribution < -0.4 is 14.8 Å². The molecular weight excluding hydrogens is 392 g/mol. The number of likely N-dealkylation sites (N-methyl/N-ethyl adjacent to an activating group) is 1. The molecule has 1 atom stereocenters. The van der Waals surface area contributed by atoms with Crippen LogP contribution in [0.3, 0.4) is 0 Å². The number of nitrogens with one attached hydrogen (secondary N) is 1. The van der Waals surface area contributed by atoms with Crippen LogP contribution in [0.4, 0.5) is 0 Å². The standard InChI is InChI=1S/C21H24N4O3.ClH/c1-25-12-11-22-13-17(25)21-23-20(28-24-21)15-27-19-10-6-5-9-18(19)26-14-16-7-3-2-4-8-16;/h2-10,17,22H,11-15H2,1H3;1H. The first-order valence-corrected chi connectivity index (χ1v) is 9.41. The molecule has 4 rings (SSSR count). The van der Waals surface area contributed by atoms with Crippen LogP contribution >= 0.6 is 12.4 Å². The van der Waals surface area contributed by atoms with Gasteiger partial charge in [-0.2, -0.15) is 4.98 Å². The van der Waals surface area contributed by atoms with E-state index in [1.807, 2.05) is 54.6 Å². The lowest BCUT2D eigenvalue weighted by Crippen LogP contribution is -2.44. The molecule has 8 heteroatoms. The summed E-state index contributed by atoms with van der Waals surface area (Å²) in [5.41, 5.74) is 1.10. The molecule has 0 saturated carbocycles. The summed E-state index contributed by atoms with van der Waals surface area (Å²) in [6.45, 7) is 3.42. The molecular formula is C21H25ClN4O3. The summed E-state index contributed by atoms with van der Waals surface area (Å²) >= 11 is 0. The Morgan fingerprint density at radius 3 is 2.45 bits per heavy atom. The largest absolute Gasteiger partial charge is 0.485 e. The van der Waals surface area contributed by atoms with Crippen molar-refractivity contribution < 1.29 is 14.0 Å². The predicted octanol–water partition coefficient (Wildman–Crippen LogP) is 3.23. The van der Waals surface area contributed by atoms with E-state index in [9.17, 15) is 0 Å². The normalized spacial score (nSPS) is 16.8. The van der Waals surface area contributed by atoms with Crippen molar-refractivity contribution in [3.63, 3.8) is 0 Å². The maximum absolute atomic E-state index is 5.92. The van der Waals surface area contributed by atoms with E-state index in [1.165, 1.54) is 0 Å². The summed E-state index contributed by atoms with van der Waals surface area (Å²) in [5.74, 6) is 2.46. The molecule has 2 heterocycles. The molecule has 0 spiro atoms. The highest BCUT2D eigenvalue weighted by Crippen LogP contribution is 2.28. The van der Waals surface area contributed by atoms with Crippen molar-refractivity contribution in [3.8, 4) is 11.5 Å². The highest BCUT2D eigenvalue weighted by molar-refractivity contribution is 5.85. The lowest BCUT2D eigenvalue weighted by Gasteiger charge is -2.30. The lowest BCUT2D eigenvalue weighted by molar-refractivity contribution is 0.189. The number of para-hydroxylation sites is 2. The predicted molar refractivity (Wildman–Crippen MR) is 111 cm³/mol. The van der Waals surface area contributed by atoms with Crippen LogP contribution in [0.1, 0.15) is 23.3 Å². The van der Waals surface area contributed by atoms with E-state index in [-0.39, 0.29) is 25.1 Å². The topological polar surface area (TPSA) is 72.7 Å². The monoisotopic (exact) mass is 416 g/mol. The quantitative estimate of drug-likeness (QED) is 0.633. The molecule has 1 N–H and O–H groups in total. The SMILES string of the molecule is CN1CCNCC1c1noc(COc2ccccc2OCc2ccccc2)n1.Cl. The highest BCUT2D eigenvalue weighted by Gasteiger charge is 2.25.